The number of aromatic amines is 1. The first-order valence-corrected chi connectivity index (χ1v) is 4.64. The normalized spacial score (nSPS) is 9.41. The molecule has 2 aromatic heterocycles. The fourth-order valence-electron chi connectivity index (χ4n) is 1.27. The molecule has 0 bridgehead atoms. The Bertz CT molecular complexity index is 605. The van der Waals surface area contributed by atoms with Crippen molar-refractivity contribution < 1.29 is 3.84 Å². The number of imidazole rings is 1. The molecular formula is C7H10Cl2N4O3Se. The van der Waals surface area contributed by atoms with Crippen LogP contribution in [0.3, 0.4) is 0 Å². The van der Waals surface area contributed by atoms with Crippen molar-refractivity contribution in [3.05, 3.63) is 27.2 Å². The minimum atomic E-state index is -0.371. The summed E-state index contributed by atoms with van der Waals surface area (Å²) in [7, 11) is 3.01. The van der Waals surface area contributed by atoms with Crippen LogP contribution in [-0.4, -0.2) is 36.2 Å². The summed E-state index contributed by atoms with van der Waals surface area (Å²) >= 11 is 8.53. The second-order valence-electron chi connectivity index (χ2n) is 2.87. The van der Waals surface area contributed by atoms with E-state index in [1.165, 1.54) is 17.9 Å². The van der Waals surface area contributed by atoms with Gasteiger partial charge in [0.1, 0.15) is 5.52 Å². The summed E-state index contributed by atoms with van der Waals surface area (Å²) in [6.45, 7) is 0. The number of nitrogens with one attached hydrogen (secondary N) is 1. The molecule has 0 aromatic carbocycles. The van der Waals surface area contributed by atoms with Crippen LogP contribution in [0, 0.1) is 0 Å². The standard InChI is InChI=1S/C7H8N4O2.Cl2O.H2Se/c1-10-5-4(8-3-9-5)6(12)11(2)7(10)13;1-3-2;/h3H,1-2H3,(H,8,9);;1H2. The molecule has 17 heavy (non-hydrogen) atoms. The number of fused-ring (bicyclic) bond motifs is 1. The maximum absolute atomic E-state index is 11.4. The molecule has 0 atom stereocenters. The number of halogens is 2. The summed E-state index contributed by atoms with van der Waals surface area (Å²) in [6, 6.07) is 0. The summed E-state index contributed by atoms with van der Waals surface area (Å²) in [5.74, 6) is 0. The molecular weight excluding hydrogens is 338 g/mol. The van der Waals surface area contributed by atoms with Gasteiger partial charge in [0.25, 0.3) is 5.56 Å². The van der Waals surface area contributed by atoms with Gasteiger partial charge >= 0.3 is 22.8 Å². The quantitative estimate of drug-likeness (QED) is 0.642. The summed E-state index contributed by atoms with van der Waals surface area (Å²) < 4.78 is 5.56. The molecule has 2 aromatic rings. The molecule has 0 aliphatic rings. The molecule has 0 fully saturated rings. The Hall–Kier alpha value is -0.791. The van der Waals surface area contributed by atoms with Crippen LogP contribution in [0.1, 0.15) is 0 Å². The molecule has 0 radical (unpaired) electrons. The third kappa shape index (κ3) is 3.11. The third-order valence-corrected chi connectivity index (χ3v) is 2.03. The van der Waals surface area contributed by atoms with Gasteiger partial charge in [-0.25, -0.2) is 9.78 Å². The fourth-order valence-corrected chi connectivity index (χ4v) is 1.27. The van der Waals surface area contributed by atoms with E-state index in [1.807, 2.05) is 0 Å². The first-order valence-electron chi connectivity index (χ1n) is 4.03. The average Bonchev–Trinajstić information content (AvgIpc) is 2.73. The molecule has 7 nitrogen and oxygen atoms in total. The van der Waals surface area contributed by atoms with E-state index in [0.29, 0.717) is 11.2 Å². The van der Waals surface area contributed by atoms with E-state index in [0.717, 1.165) is 4.57 Å². The third-order valence-electron chi connectivity index (χ3n) is 2.03. The Morgan fingerprint density at radius 1 is 1.29 bits per heavy atom. The van der Waals surface area contributed by atoms with Gasteiger partial charge in [-0.05, 0) is 0 Å². The number of aromatic nitrogens is 4. The van der Waals surface area contributed by atoms with Gasteiger partial charge in [-0.3, -0.25) is 13.9 Å². The van der Waals surface area contributed by atoms with Crippen molar-refractivity contribution in [1.82, 2.24) is 19.1 Å². The van der Waals surface area contributed by atoms with Crippen molar-refractivity contribution in [2.75, 3.05) is 0 Å². The van der Waals surface area contributed by atoms with E-state index in [2.05, 4.69) is 37.5 Å². The average molecular weight is 348 g/mol. The number of hydrogen-bond donors (Lipinski definition) is 1. The van der Waals surface area contributed by atoms with Crippen molar-refractivity contribution in [1.29, 1.82) is 0 Å². The van der Waals surface area contributed by atoms with Crippen LogP contribution < -0.4 is 11.2 Å². The zero-order valence-electron chi connectivity index (χ0n) is 8.90. The van der Waals surface area contributed by atoms with Gasteiger partial charge in [0.2, 0.25) is 0 Å². The maximum atomic E-state index is 11.4. The van der Waals surface area contributed by atoms with Crippen molar-refractivity contribution in [2.45, 2.75) is 0 Å². The minimum absolute atomic E-state index is 0. The van der Waals surface area contributed by atoms with Crippen molar-refractivity contribution in [2.24, 2.45) is 14.1 Å². The van der Waals surface area contributed by atoms with E-state index in [-0.39, 0.29) is 28.3 Å². The van der Waals surface area contributed by atoms with Gasteiger partial charge in [0, 0.05) is 14.1 Å². The Morgan fingerprint density at radius 2 is 1.82 bits per heavy atom. The second-order valence-corrected chi connectivity index (χ2v) is 3.33. The van der Waals surface area contributed by atoms with Crippen LogP contribution in [-0.2, 0) is 17.9 Å². The molecule has 2 heterocycles. The first kappa shape index (κ1) is 16.2. The molecule has 0 spiro atoms. The van der Waals surface area contributed by atoms with E-state index in [1.54, 1.807) is 7.05 Å². The molecule has 0 amide bonds. The van der Waals surface area contributed by atoms with Gasteiger partial charge in [-0.2, -0.15) is 3.84 Å². The summed E-state index contributed by atoms with van der Waals surface area (Å²) in [5.41, 5.74) is 0.0119. The topological polar surface area (TPSA) is 81.9 Å². The Balaban J connectivity index is 0.000000583. The van der Waals surface area contributed by atoms with Crippen LogP contribution in [0.5, 0.6) is 0 Å². The molecule has 2 rings (SSSR count). The summed E-state index contributed by atoms with van der Waals surface area (Å²) in [5, 5.41) is 0. The summed E-state index contributed by atoms with van der Waals surface area (Å²) in [4.78, 5) is 29.4. The van der Waals surface area contributed by atoms with Gasteiger partial charge in [0.15, 0.2) is 5.65 Å². The van der Waals surface area contributed by atoms with Gasteiger partial charge in [-0.15, -0.1) is 0 Å². The molecule has 0 aliphatic heterocycles. The summed E-state index contributed by atoms with van der Waals surface area (Å²) in [6.07, 6.45) is 1.39. The van der Waals surface area contributed by atoms with Crippen LogP contribution in [0.25, 0.3) is 11.2 Å². The number of hydrogen-bond acceptors (Lipinski definition) is 4. The van der Waals surface area contributed by atoms with Crippen molar-refractivity contribution in [3.63, 3.8) is 0 Å². The second kappa shape index (κ2) is 6.83. The van der Waals surface area contributed by atoms with Crippen LogP contribution in [0.2, 0.25) is 0 Å². The zero-order valence-corrected chi connectivity index (χ0v) is 12.5. The predicted molar refractivity (Wildman–Crippen MR) is 67.9 cm³/mol. The van der Waals surface area contributed by atoms with Gasteiger partial charge < -0.3 is 4.98 Å². The zero-order chi connectivity index (χ0) is 12.3. The Labute approximate surface area is 116 Å². The molecule has 0 saturated carbocycles. The van der Waals surface area contributed by atoms with Crippen molar-refractivity contribution in [3.8, 4) is 0 Å². The van der Waals surface area contributed by atoms with Crippen LogP contribution in [0.4, 0.5) is 0 Å². The van der Waals surface area contributed by atoms with E-state index in [4.69, 9.17) is 0 Å². The fraction of sp³-hybridized carbons (Fsp3) is 0.286. The number of nitrogens with zero attached hydrogens (tertiary/aromatic N) is 3. The molecule has 1 N–H and O–H groups in total. The van der Waals surface area contributed by atoms with Crippen LogP contribution in [0.15, 0.2) is 15.9 Å². The molecule has 0 saturated heterocycles. The number of H-pyrrole nitrogens is 1. The van der Waals surface area contributed by atoms with Crippen LogP contribution >= 0.6 is 23.7 Å². The molecule has 0 unspecified atom stereocenters. The van der Waals surface area contributed by atoms with Gasteiger partial charge in [-0.1, -0.05) is 0 Å². The number of rotatable bonds is 0. The van der Waals surface area contributed by atoms with Crippen molar-refractivity contribution >= 4 is 52.0 Å². The van der Waals surface area contributed by atoms with E-state index >= 15 is 0 Å². The van der Waals surface area contributed by atoms with Gasteiger partial charge in [0.05, 0.1) is 30.1 Å². The SMILES string of the molecule is ClOCl.Cn1c(=O)c2[nH]cnc2n(C)c1=O.[SeH2]. The van der Waals surface area contributed by atoms with E-state index < -0.39 is 0 Å². The Morgan fingerprint density at radius 3 is 2.35 bits per heavy atom. The predicted octanol–water partition coefficient (Wildman–Crippen LogP) is -0.645. The Kier molecular flexibility index (Phi) is 6.51. The van der Waals surface area contributed by atoms with E-state index in [9.17, 15) is 9.59 Å². The molecule has 96 valence electrons. The molecule has 10 heteroatoms. The monoisotopic (exact) mass is 348 g/mol. The number of aryl methyl sites for hydroxylation is 1. The molecule has 0 aliphatic carbocycles. The first-order chi connectivity index (χ1) is 7.54.